The molecule has 0 radical (unpaired) electrons. The highest BCUT2D eigenvalue weighted by Gasteiger charge is 2.29. The van der Waals surface area contributed by atoms with Crippen LogP contribution in [0.3, 0.4) is 0 Å². The van der Waals surface area contributed by atoms with Crippen molar-refractivity contribution >= 4 is 34.7 Å². The molecule has 3 rings (SSSR count). The van der Waals surface area contributed by atoms with Gasteiger partial charge in [0.05, 0.1) is 17.5 Å². The van der Waals surface area contributed by atoms with Crippen LogP contribution in [0.25, 0.3) is 0 Å². The molecular formula is C19H21N3O3S. The van der Waals surface area contributed by atoms with E-state index in [4.69, 9.17) is 0 Å². The molecule has 7 heteroatoms. The van der Waals surface area contributed by atoms with Crippen LogP contribution < -0.4 is 16.0 Å². The monoisotopic (exact) mass is 371 g/mol. The van der Waals surface area contributed by atoms with Crippen LogP contribution in [0.1, 0.15) is 41.0 Å². The molecule has 0 aliphatic heterocycles. The summed E-state index contributed by atoms with van der Waals surface area (Å²) in [6.45, 7) is 1.80. The SMILES string of the molecule is CC(NC(=O)CNC(=O)c1cccs1)c1ccc(NC(=O)C2CC2)cc1. The molecule has 26 heavy (non-hydrogen) atoms. The molecule has 136 valence electrons. The minimum atomic E-state index is -0.256. The second-order valence-corrected chi connectivity index (χ2v) is 7.28. The number of nitrogens with one attached hydrogen (secondary N) is 3. The maximum Gasteiger partial charge on any atom is 0.261 e. The zero-order valence-electron chi connectivity index (χ0n) is 14.5. The number of rotatable bonds is 7. The van der Waals surface area contributed by atoms with Gasteiger partial charge < -0.3 is 16.0 Å². The van der Waals surface area contributed by atoms with Crippen molar-refractivity contribution in [2.24, 2.45) is 5.92 Å². The van der Waals surface area contributed by atoms with Gasteiger partial charge in [-0.05, 0) is 48.9 Å². The molecule has 0 saturated heterocycles. The van der Waals surface area contributed by atoms with Gasteiger partial charge in [-0.1, -0.05) is 18.2 Å². The van der Waals surface area contributed by atoms with Crippen molar-refractivity contribution in [2.45, 2.75) is 25.8 Å². The van der Waals surface area contributed by atoms with Gasteiger partial charge >= 0.3 is 0 Å². The first-order chi connectivity index (χ1) is 12.5. The Morgan fingerprint density at radius 1 is 1.15 bits per heavy atom. The van der Waals surface area contributed by atoms with Crippen LogP contribution in [0.5, 0.6) is 0 Å². The summed E-state index contributed by atoms with van der Waals surface area (Å²) in [5, 5.41) is 10.1. The van der Waals surface area contributed by atoms with Crippen molar-refractivity contribution in [3.8, 4) is 0 Å². The van der Waals surface area contributed by atoms with Crippen LogP contribution >= 0.6 is 11.3 Å². The molecule has 1 heterocycles. The predicted molar refractivity (Wildman–Crippen MR) is 101 cm³/mol. The lowest BCUT2D eigenvalue weighted by atomic mass is 10.1. The van der Waals surface area contributed by atoms with E-state index in [1.165, 1.54) is 11.3 Å². The Morgan fingerprint density at radius 2 is 1.88 bits per heavy atom. The number of anilines is 1. The summed E-state index contributed by atoms with van der Waals surface area (Å²) in [7, 11) is 0. The topological polar surface area (TPSA) is 87.3 Å². The summed E-state index contributed by atoms with van der Waals surface area (Å²) < 4.78 is 0. The predicted octanol–water partition coefficient (Wildman–Crippen LogP) is 2.70. The summed E-state index contributed by atoms with van der Waals surface area (Å²) in [5.74, 6) is -0.273. The van der Waals surface area contributed by atoms with E-state index in [1.807, 2.05) is 36.6 Å². The third-order valence-corrected chi connectivity index (χ3v) is 5.03. The Bertz CT molecular complexity index is 783. The Balaban J connectivity index is 1.45. The van der Waals surface area contributed by atoms with Crippen molar-refractivity contribution in [1.82, 2.24) is 10.6 Å². The molecule has 3 N–H and O–H groups in total. The zero-order valence-corrected chi connectivity index (χ0v) is 15.3. The second kappa shape index (κ2) is 8.14. The molecule has 1 aliphatic rings. The third-order valence-electron chi connectivity index (χ3n) is 4.16. The van der Waals surface area contributed by atoms with Gasteiger partial charge in [-0.2, -0.15) is 0 Å². The molecule has 2 aromatic rings. The van der Waals surface area contributed by atoms with Crippen LogP contribution in [0.4, 0.5) is 5.69 Å². The van der Waals surface area contributed by atoms with Gasteiger partial charge in [0.25, 0.3) is 5.91 Å². The first kappa shape index (κ1) is 18.1. The van der Waals surface area contributed by atoms with E-state index in [0.717, 1.165) is 24.1 Å². The smallest absolute Gasteiger partial charge is 0.261 e. The van der Waals surface area contributed by atoms with Crippen molar-refractivity contribution in [3.05, 3.63) is 52.2 Å². The molecule has 1 aromatic carbocycles. The normalized spacial score (nSPS) is 14.3. The summed E-state index contributed by atoms with van der Waals surface area (Å²) in [6, 6.07) is 10.7. The molecule has 0 spiro atoms. The number of carbonyl (C=O) groups excluding carboxylic acids is 3. The number of amides is 3. The second-order valence-electron chi connectivity index (χ2n) is 6.33. The van der Waals surface area contributed by atoms with Crippen molar-refractivity contribution in [2.75, 3.05) is 11.9 Å². The first-order valence-corrected chi connectivity index (χ1v) is 9.43. The van der Waals surface area contributed by atoms with Gasteiger partial charge in [0.1, 0.15) is 0 Å². The lowest BCUT2D eigenvalue weighted by Crippen LogP contribution is -2.37. The van der Waals surface area contributed by atoms with Crippen LogP contribution in [0.2, 0.25) is 0 Å². The lowest BCUT2D eigenvalue weighted by molar-refractivity contribution is -0.120. The fraction of sp³-hybridized carbons (Fsp3) is 0.316. The van der Waals surface area contributed by atoms with Crippen LogP contribution in [0.15, 0.2) is 41.8 Å². The van der Waals surface area contributed by atoms with E-state index in [0.29, 0.717) is 4.88 Å². The summed E-state index contributed by atoms with van der Waals surface area (Å²) in [6.07, 6.45) is 1.94. The zero-order chi connectivity index (χ0) is 18.5. The molecule has 1 aliphatic carbocycles. The number of hydrogen-bond acceptors (Lipinski definition) is 4. The molecule has 6 nitrogen and oxygen atoms in total. The molecule has 0 bridgehead atoms. The summed E-state index contributed by atoms with van der Waals surface area (Å²) in [5.41, 5.74) is 1.68. The van der Waals surface area contributed by atoms with Crippen LogP contribution in [-0.2, 0) is 9.59 Å². The van der Waals surface area contributed by atoms with E-state index in [2.05, 4.69) is 16.0 Å². The number of benzene rings is 1. The average Bonchev–Trinajstić information content (AvgIpc) is 3.35. The third kappa shape index (κ3) is 4.92. The van der Waals surface area contributed by atoms with E-state index in [1.54, 1.807) is 12.1 Å². The standard InChI is InChI=1S/C19H21N3O3S/c1-12(21-17(23)11-20-19(25)16-3-2-10-26-16)13-6-8-15(9-7-13)22-18(24)14-4-5-14/h2-3,6-10,12,14H,4-5,11H2,1H3,(H,20,25)(H,21,23)(H,22,24). The van der Waals surface area contributed by atoms with Crippen molar-refractivity contribution in [3.63, 3.8) is 0 Å². The largest absolute Gasteiger partial charge is 0.348 e. The fourth-order valence-electron chi connectivity index (χ4n) is 2.48. The Hall–Kier alpha value is -2.67. The quantitative estimate of drug-likeness (QED) is 0.699. The number of hydrogen-bond donors (Lipinski definition) is 3. The van der Waals surface area contributed by atoms with Gasteiger partial charge in [-0.15, -0.1) is 11.3 Å². The minimum absolute atomic E-state index is 0.0700. The molecular weight excluding hydrogens is 350 g/mol. The van der Waals surface area contributed by atoms with Gasteiger partial charge in [0, 0.05) is 11.6 Å². The number of carbonyl (C=O) groups is 3. The Morgan fingerprint density at radius 3 is 2.50 bits per heavy atom. The van der Waals surface area contributed by atoms with Gasteiger partial charge in [0.2, 0.25) is 11.8 Å². The maximum atomic E-state index is 12.0. The molecule has 1 aromatic heterocycles. The Labute approximate surface area is 156 Å². The summed E-state index contributed by atoms with van der Waals surface area (Å²) >= 11 is 1.33. The average molecular weight is 371 g/mol. The molecule has 1 fully saturated rings. The highest BCUT2D eigenvalue weighted by atomic mass is 32.1. The van der Waals surface area contributed by atoms with Crippen LogP contribution in [-0.4, -0.2) is 24.3 Å². The molecule has 1 unspecified atom stereocenters. The minimum Gasteiger partial charge on any atom is -0.348 e. The van der Waals surface area contributed by atoms with E-state index >= 15 is 0 Å². The van der Waals surface area contributed by atoms with Crippen LogP contribution in [0, 0.1) is 5.92 Å². The first-order valence-electron chi connectivity index (χ1n) is 8.55. The van der Waals surface area contributed by atoms with Crippen molar-refractivity contribution in [1.29, 1.82) is 0 Å². The summed E-state index contributed by atoms with van der Waals surface area (Å²) in [4.78, 5) is 36.2. The van der Waals surface area contributed by atoms with Crippen molar-refractivity contribution < 1.29 is 14.4 Å². The highest BCUT2D eigenvalue weighted by molar-refractivity contribution is 7.12. The van der Waals surface area contributed by atoms with E-state index in [9.17, 15) is 14.4 Å². The fourth-order valence-corrected chi connectivity index (χ4v) is 3.12. The maximum absolute atomic E-state index is 12.0. The van der Waals surface area contributed by atoms with Gasteiger partial charge in [-0.3, -0.25) is 14.4 Å². The lowest BCUT2D eigenvalue weighted by Gasteiger charge is -2.15. The van der Waals surface area contributed by atoms with E-state index in [-0.39, 0.29) is 36.2 Å². The number of thiophene rings is 1. The van der Waals surface area contributed by atoms with E-state index < -0.39 is 0 Å². The van der Waals surface area contributed by atoms with Gasteiger partial charge in [-0.25, -0.2) is 0 Å². The molecule has 1 atom stereocenters. The highest BCUT2D eigenvalue weighted by Crippen LogP contribution is 2.30. The van der Waals surface area contributed by atoms with Gasteiger partial charge in [0.15, 0.2) is 0 Å². The molecule has 1 saturated carbocycles. The molecule has 3 amide bonds. The Kier molecular flexibility index (Phi) is 5.68.